The van der Waals surface area contributed by atoms with E-state index in [1.165, 1.54) is 11.0 Å². The van der Waals surface area contributed by atoms with E-state index in [0.29, 0.717) is 60.3 Å². The van der Waals surface area contributed by atoms with Crippen molar-refractivity contribution in [3.8, 4) is 0 Å². The van der Waals surface area contributed by atoms with Crippen LogP contribution in [0.3, 0.4) is 0 Å². The van der Waals surface area contributed by atoms with Crippen molar-refractivity contribution in [3.63, 3.8) is 0 Å². The Kier molecular flexibility index (Phi) is 16.2. The molecule has 0 fully saturated rings. The third kappa shape index (κ3) is 11.3. The number of hydrogen-bond donors (Lipinski definition) is 5. The van der Waals surface area contributed by atoms with E-state index >= 15 is 0 Å². The summed E-state index contributed by atoms with van der Waals surface area (Å²) < 4.78 is 0. The van der Waals surface area contributed by atoms with Gasteiger partial charge in [-0.1, -0.05) is 60.7 Å². The van der Waals surface area contributed by atoms with Crippen LogP contribution in [0.5, 0.6) is 0 Å². The van der Waals surface area contributed by atoms with Crippen LogP contribution in [0.1, 0.15) is 88.6 Å². The molecule has 0 saturated heterocycles. The first-order chi connectivity index (χ1) is 23.1. The van der Waals surface area contributed by atoms with Crippen LogP contribution in [0, 0.1) is 0 Å². The molecule has 5 rings (SSSR count). The van der Waals surface area contributed by atoms with Crippen molar-refractivity contribution >= 4 is 47.8 Å². The summed E-state index contributed by atoms with van der Waals surface area (Å²) in [6.07, 6.45) is 4.62. The molecule has 0 aromatic heterocycles. The number of amides is 2. The number of nitrogens with two attached hydrogens (primary N) is 2. The smallest absolute Gasteiger partial charge is 0.337 e. The number of aromatic carboxylic acids is 3. The number of carboxylic acid groups (broad SMARTS) is 3. The Morgan fingerprint density at radius 2 is 0.939 bits per heavy atom. The maximum atomic E-state index is 12.2. The lowest BCUT2D eigenvalue weighted by Crippen LogP contribution is -2.30. The molecule has 258 valence electrons. The summed E-state index contributed by atoms with van der Waals surface area (Å²) in [5.41, 5.74) is 14.5. The quantitative estimate of drug-likeness (QED) is 0.0661. The fourth-order valence-electron chi connectivity index (χ4n) is 5.07. The lowest BCUT2D eigenvalue weighted by molar-refractivity contribution is 0.0645. The second kappa shape index (κ2) is 20.0. The number of carbonyl (C=O) groups excluding carboxylic acids is 2. The van der Waals surface area contributed by atoms with Gasteiger partial charge in [0.1, 0.15) is 0 Å². The highest BCUT2D eigenvalue weighted by Crippen LogP contribution is 2.23. The van der Waals surface area contributed by atoms with Gasteiger partial charge in [0.25, 0.3) is 11.8 Å². The van der Waals surface area contributed by atoms with Gasteiger partial charge in [0, 0.05) is 12.2 Å². The Balaban J connectivity index is 0.000000283. The molecule has 1 heterocycles. The molecule has 0 unspecified atom stereocenters. The molecular formula is C37H40ClN3O8. The van der Waals surface area contributed by atoms with Gasteiger partial charge in [-0.05, 0) is 92.6 Å². The number of carbonyl (C=O) groups is 5. The van der Waals surface area contributed by atoms with Gasteiger partial charge in [0.2, 0.25) is 0 Å². The van der Waals surface area contributed by atoms with Crippen LogP contribution in [0.2, 0.25) is 0 Å². The number of unbranched alkanes of at least 4 members (excludes halogenated alkanes) is 2. The van der Waals surface area contributed by atoms with Crippen LogP contribution in [0.15, 0.2) is 97.1 Å². The van der Waals surface area contributed by atoms with Crippen LogP contribution >= 0.6 is 12.4 Å². The standard InChI is InChI=1S/C19H17NO4.C11H15NO2.C7H7NO2.ClH/c21-17-15-10-3-4-11-16(15)18(22)20(17)12-6-5-8-13-7-1-2-9-14(13)19(23)24;12-8-4-3-6-9-5-1-2-7-10(9)11(13)14;8-6-4-2-1-3-5(6)7(9)10;/h1-4,7,9-11H,5-6,8,12H2,(H,23,24);1-2,5,7H,3-4,6,8,12H2,(H,13,14);1-4H,8H2,(H,9,10);1H. The largest absolute Gasteiger partial charge is 0.478 e. The van der Waals surface area contributed by atoms with Crippen molar-refractivity contribution in [2.45, 2.75) is 38.5 Å². The number of fused-ring (bicyclic) bond motifs is 1. The number of aryl methyl sites for hydroxylation is 2. The van der Waals surface area contributed by atoms with Crippen LogP contribution < -0.4 is 11.5 Å². The maximum Gasteiger partial charge on any atom is 0.337 e. The average molecular weight is 690 g/mol. The molecule has 1 aliphatic rings. The highest BCUT2D eigenvalue weighted by Gasteiger charge is 2.34. The molecule has 1 aliphatic heterocycles. The van der Waals surface area contributed by atoms with E-state index < -0.39 is 17.9 Å². The number of anilines is 1. The summed E-state index contributed by atoms with van der Waals surface area (Å²) in [5.74, 6) is -3.28. The molecule has 0 radical (unpaired) electrons. The van der Waals surface area contributed by atoms with Crippen molar-refractivity contribution < 1.29 is 39.3 Å². The SMILES string of the molecule is Cl.NCCCCc1ccccc1C(=O)O.Nc1ccccc1C(=O)O.O=C(O)c1ccccc1CCCCN1C(=O)c2ccccc2C1=O. The monoisotopic (exact) mass is 689 g/mol. The number of para-hydroxylation sites is 1. The Bertz CT molecular complexity index is 1730. The molecule has 12 heteroatoms. The van der Waals surface area contributed by atoms with Crippen LogP contribution in [0.25, 0.3) is 0 Å². The topological polar surface area (TPSA) is 201 Å². The molecule has 0 spiro atoms. The summed E-state index contributed by atoms with van der Waals surface area (Å²) in [6.45, 7) is 1.01. The van der Waals surface area contributed by atoms with Gasteiger partial charge in [0.05, 0.1) is 27.8 Å². The minimum Gasteiger partial charge on any atom is -0.478 e. The fraction of sp³-hybridized carbons (Fsp3) is 0.216. The van der Waals surface area contributed by atoms with E-state index in [1.807, 2.05) is 18.2 Å². The van der Waals surface area contributed by atoms with E-state index in [-0.39, 0.29) is 29.8 Å². The third-order valence-electron chi connectivity index (χ3n) is 7.54. The van der Waals surface area contributed by atoms with Crippen LogP contribution in [0.4, 0.5) is 5.69 Å². The van der Waals surface area contributed by atoms with Crippen molar-refractivity contribution in [1.82, 2.24) is 4.90 Å². The second-order valence-corrected chi connectivity index (χ2v) is 10.8. The van der Waals surface area contributed by atoms with Gasteiger partial charge in [-0.3, -0.25) is 14.5 Å². The number of benzene rings is 4. The van der Waals surface area contributed by atoms with Gasteiger partial charge in [-0.15, -0.1) is 12.4 Å². The first-order valence-corrected chi connectivity index (χ1v) is 15.4. The number of hydrogen-bond acceptors (Lipinski definition) is 7. The van der Waals surface area contributed by atoms with E-state index in [9.17, 15) is 24.0 Å². The Morgan fingerprint density at radius 1 is 0.551 bits per heavy atom. The van der Waals surface area contributed by atoms with E-state index in [4.69, 9.17) is 26.8 Å². The average Bonchev–Trinajstić information content (AvgIpc) is 3.32. The summed E-state index contributed by atoms with van der Waals surface area (Å²) in [4.78, 5) is 58.1. The molecule has 2 amide bonds. The van der Waals surface area contributed by atoms with E-state index in [1.54, 1.807) is 72.8 Å². The lowest BCUT2D eigenvalue weighted by atomic mass is 10.0. The van der Waals surface area contributed by atoms with Crippen LogP contribution in [-0.2, 0) is 12.8 Å². The van der Waals surface area contributed by atoms with Crippen molar-refractivity contribution in [3.05, 3.63) is 136 Å². The number of carboxylic acids is 3. The minimum atomic E-state index is -0.988. The van der Waals surface area contributed by atoms with Crippen molar-refractivity contribution in [1.29, 1.82) is 0 Å². The highest BCUT2D eigenvalue weighted by molar-refractivity contribution is 6.21. The highest BCUT2D eigenvalue weighted by atomic mass is 35.5. The van der Waals surface area contributed by atoms with Gasteiger partial charge in [0.15, 0.2) is 0 Å². The predicted molar refractivity (Wildman–Crippen MR) is 189 cm³/mol. The molecule has 4 aromatic carbocycles. The lowest BCUT2D eigenvalue weighted by Gasteiger charge is -2.13. The Labute approximate surface area is 290 Å². The zero-order chi connectivity index (χ0) is 35.1. The first-order valence-electron chi connectivity index (χ1n) is 15.4. The number of nitrogen functional groups attached to an aromatic ring is 1. The number of nitrogens with zero attached hydrogens (tertiary/aromatic N) is 1. The van der Waals surface area contributed by atoms with Gasteiger partial charge < -0.3 is 26.8 Å². The Hall–Kier alpha value is -5.52. The molecule has 0 saturated carbocycles. The molecule has 7 N–H and O–H groups in total. The predicted octanol–water partition coefficient (Wildman–Crippen LogP) is 6.06. The minimum absolute atomic E-state index is 0. The zero-order valence-corrected chi connectivity index (χ0v) is 27.6. The molecular weight excluding hydrogens is 650 g/mol. The van der Waals surface area contributed by atoms with E-state index in [2.05, 4.69) is 0 Å². The molecule has 0 bridgehead atoms. The summed E-state index contributed by atoms with van der Waals surface area (Å²) in [5, 5.41) is 26.5. The third-order valence-corrected chi connectivity index (χ3v) is 7.54. The summed E-state index contributed by atoms with van der Waals surface area (Å²) in [6, 6.07) is 27.2. The number of rotatable bonds is 12. The first kappa shape index (κ1) is 39.7. The maximum absolute atomic E-state index is 12.2. The summed E-state index contributed by atoms with van der Waals surface area (Å²) in [7, 11) is 0. The fourth-order valence-corrected chi connectivity index (χ4v) is 5.07. The molecule has 49 heavy (non-hydrogen) atoms. The molecule has 11 nitrogen and oxygen atoms in total. The van der Waals surface area contributed by atoms with Crippen molar-refractivity contribution in [2.24, 2.45) is 5.73 Å². The van der Waals surface area contributed by atoms with Crippen LogP contribution in [-0.4, -0.2) is 63.0 Å². The van der Waals surface area contributed by atoms with Gasteiger partial charge >= 0.3 is 17.9 Å². The van der Waals surface area contributed by atoms with Gasteiger partial charge in [-0.25, -0.2) is 14.4 Å². The van der Waals surface area contributed by atoms with E-state index in [0.717, 1.165) is 30.4 Å². The zero-order valence-electron chi connectivity index (χ0n) is 26.8. The second-order valence-electron chi connectivity index (χ2n) is 10.8. The number of imide groups is 1. The normalized spacial score (nSPS) is 11.2. The molecule has 0 atom stereocenters. The molecule has 4 aromatic rings. The molecule has 0 aliphatic carbocycles. The summed E-state index contributed by atoms with van der Waals surface area (Å²) >= 11 is 0. The number of halogens is 1. The Morgan fingerprint density at radius 3 is 1.35 bits per heavy atom. The van der Waals surface area contributed by atoms with Gasteiger partial charge in [-0.2, -0.15) is 0 Å². The van der Waals surface area contributed by atoms with Crippen molar-refractivity contribution in [2.75, 3.05) is 18.8 Å².